The van der Waals surface area contributed by atoms with Gasteiger partial charge in [0, 0.05) is 5.70 Å². The number of hydrogen-bond donors (Lipinski definition) is 1. The number of allylic oxidation sites excluding steroid dienone is 1. The number of ether oxygens (including phenoxy) is 3. The number of esters is 1. The fourth-order valence-corrected chi connectivity index (χ4v) is 4.85. The van der Waals surface area contributed by atoms with Crippen LogP contribution in [0.4, 0.5) is 5.95 Å². The van der Waals surface area contributed by atoms with Crippen molar-refractivity contribution in [2.24, 2.45) is 0 Å². The summed E-state index contributed by atoms with van der Waals surface area (Å²) in [5, 5.41) is 9.46. The number of nitrogens with one attached hydrogen (secondary N) is 1. The molecule has 4 rings (SSSR count). The lowest BCUT2D eigenvalue weighted by molar-refractivity contribution is -0.139. The topological polar surface area (TPSA) is 87.5 Å². The number of fused-ring (bicyclic) bond motifs is 1. The van der Waals surface area contributed by atoms with E-state index in [1.54, 1.807) is 23.7 Å². The Morgan fingerprint density at radius 2 is 1.86 bits per heavy atom. The molecule has 1 aliphatic heterocycles. The molecule has 0 fully saturated rings. The van der Waals surface area contributed by atoms with Crippen LogP contribution in [0.1, 0.15) is 44.9 Å². The van der Waals surface area contributed by atoms with E-state index in [0.29, 0.717) is 50.5 Å². The first kappa shape index (κ1) is 27.2. The summed E-state index contributed by atoms with van der Waals surface area (Å²) in [7, 11) is 0. The van der Waals surface area contributed by atoms with E-state index in [2.05, 4.69) is 15.4 Å². The van der Waals surface area contributed by atoms with Crippen molar-refractivity contribution in [2.45, 2.75) is 45.5 Å². The molecular formula is C26H28Cl2N4O4S. The van der Waals surface area contributed by atoms with Gasteiger partial charge in [-0.25, -0.2) is 9.48 Å². The zero-order chi connectivity index (χ0) is 26.5. The molecule has 0 amide bonds. The van der Waals surface area contributed by atoms with Crippen LogP contribution in [0.15, 0.2) is 52.8 Å². The van der Waals surface area contributed by atoms with Crippen LogP contribution in [0.25, 0.3) is 0 Å². The molecule has 0 aliphatic carbocycles. The smallest absolute Gasteiger partial charge is 0.338 e. The zero-order valence-corrected chi connectivity index (χ0v) is 23.3. The molecule has 0 radical (unpaired) electrons. The maximum absolute atomic E-state index is 13.1. The van der Waals surface area contributed by atoms with Crippen LogP contribution in [0.3, 0.4) is 0 Å². The summed E-state index contributed by atoms with van der Waals surface area (Å²) in [6.07, 6.45) is 0. The number of anilines is 1. The van der Waals surface area contributed by atoms with E-state index in [1.165, 1.54) is 11.8 Å². The van der Waals surface area contributed by atoms with Crippen LogP contribution in [0.5, 0.6) is 11.5 Å². The molecule has 11 heteroatoms. The third kappa shape index (κ3) is 6.00. The molecule has 3 aromatic rings. The molecule has 2 aromatic carbocycles. The SMILES string of the molecule is CCOC(=O)C1=C(C)Nc2nc(SCC)nn2C1c1ccc(OCc2ccc(Cl)c(Cl)c2)c(OCC)c1. The molecule has 0 spiro atoms. The van der Waals surface area contributed by atoms with Crippen LogP contribution in [0.2, 0.25) is 10.0 Å². The van der Waals surface area contributed by atoms with Gasteiger partial charge in [-0.1, -0.05) is 54.0 Å². The minimum atomic E-state index is -0.558. The number of hydrogen-bond acceptors (Lipinski definition) is 8. The molecule has 196 valence electrons. The fourth-order valence-electron chi connectivity index (χ4n) is 3.98. The number of benzene rings is 2. The van der Waals surface area contributed by atoms with Gasteiger partial charge in [-0.15, -0.1) is 5.10 Å². The second-order valence-corrected chi connectivity index (χ2v) is 10.1. The van der Waals surface area contributed by atoms with Gasteiger partial charge in [0.1, 0.15) is 12.6 Å². The summed E-state index contributed by atoms with van der Waals surface area (Å²) in [6.45, 7) is 8.53. The van der Waals surface area contributed by atoms with Crippen molar-refractivity contribution in [3.63, 3.8) is 0 Å². The average Bonchev–Trinajstić information content (AvgIpc) is 3.26. The highest BCUT2D eigenvalue weighted by molar-refractivity contribution is 7.99. The molecule has 2 heterocycles. The van der Waals surface area contributed by atoms with Crippen molar-refractivity contribution in [3.05, 3.63) is 68.8 Å². The molecule has 0 saturated carbocycles. The Hall–Kier alpha value is -2.88. The molecule has 37 heavy (non-hydrogen) atoms. The Bertz CT molecular complexity index is 1330. The molecule has 8 nitrogen and oxygen atoms in total. The molecule has 1 N–H and O–H groups in total. The van der Waals surface area contributed by atoms with Gasteiger partial charge in [-0.05, 0) is 61.9 Å². The van der Waals surface area contributed by atoms with Crippen molar-refractivity contribution < 1.29 is 19.0 Å². The highest BCUT2D eigenvalue weighted by Crippen LogP contribution is 2.40. The summed E-state index contributed by atoms with van der Waals surface area (Å²) < 4.78 is 19.1. The van der Waals surface area contributed by atoms with E-state index in [4.69, 9.17) is 37.4 Å². The quantitative estimate of drug-likeness (QED) is 0.220. The van der Waals surface area contributed by atoms with Crippen LogP contribution in [-0.4, -0.2) is 39.7 Å². The van der Waals surface area contributed by atoms with Crippen LogP contribution >= 0.6 is 35.0 Å². The van der Waals surface area contributed by atoms with Gasteiger partial charge >= 0.3 is 5.97 Å². The van der Waals surface area contributed by atoms with Gasteiger partial charge in [0.25, 0.3) is 0 Å². The largest absolute Gasteiger partial charge is 0.490 e. The average molecular weight is 564 g/mol. The summed E-state index contributed by atoms with van der Waals surface area (Å²) in [6, 6.07) is 10.4. The molecule has 0 saturated heterocycles. The van der Waals surface area contributed by atoms with E-state index in [-0.39, 0.29) is 13.2 Å². The van der Waals surface area contributed by atoms with E-state index in [9.17, 15) is 4.79 Å². The van der Waals surface area contributed by atoms with E-state index in [1.807, 2.05) is 45.0 Å². The second kappa shape index (κ2) is 12.1. The lowest BCUT2D eigenvalue weighted by atomic mass is 9.95. The Balaban J connectivity index is 1.72. The maximum Gasteiger partial charge on any atom is 0.338 e. The summed E-state index contributed by atoms with van der Waals surface area (Å²) in [5.41, 5.74) is 2.78. The number of rotatable bonds is 10. The number of nitrogens with zero attached hydrogens (tertiary/aromatic N) is 3. The molecule has 1 atom stereocenters. The first-order valence-corrected chi connectivity index (χ1v) is 13.7. The molecular weight excluding hydrogens is 535 g/mol. The Morgan fingerprint density at radius 1 is 1.05 bits per heavy atom. The third-order valence-corrected chi connectivity index (χ3v) is 7.02. The summed E-state index contributed by atoms with van der Waals surface area (Å²) in [5.74, 6) is 2.07. The number of halogens is 2. The highest BCUT2D eigenvalue weighted by atomic mass is 35.5. The number of thioether (sulfide) groups is 1. The maximum atomic E-state index is 13.1. The van der Waals surface area contributed by atoms with Gasteiger partial charge in [0.15, 0.2) is 11.5 Å². The van der Waals surface area contributed by atoms with Gasteiger partial charge in [-0.2, -0.15) is 4.98 Å². The molecule has 1 unspecified atom stereocenters. The van der Waals surface area contributed by atoms with Gasteiger partial charge in [-0.3, -0.25) is 0 Å². The molecule has 1 aromatic heterocycles. The summed E-state index contributed by atoms with van der Waals surface area (Å²) in [4.78, 5) is 17.7. The Kier molecular flexibility index (Phi) is 8.89. The van der Waals surface area contributed by atoms with Gasteiger partial charge in [0.2, 0.25) is 11.1 Å². The van der Waals surface area contributed by atoms with Crippen molar-refractivity contribution in [2.75, 3.05) is 24.3 Å². The minimum absolute atomic E-state index is 0.259. The molecule has 1 aliphatic rings. The minimum Gasteiger partial charge on any atom is -0.490 e. The number of carbonyl (C=O) groups excluding carboxylic acids is 1. The number of carbonyl (C=O) groups is 1. The number of aromatic nitrogens is 3. The van der Waals surface area contributed by atoms with Gasteiger partial charge < -0.3 is 19.5 Å². The van der Waals surface area contributed by atoms with Crippen molar-refractivity contribution >= 4 is 46.9 Å². The van der Waals surface area contributed by atoms with Crippen molar-refractivity contribution in [1.82, 2.24) is 14.8 Å². The predicted octanol–water partition coefficient (Wildman–Crippen LogP) is 6.53. The standard InChI is InChI=1S/C26H28Cl2N4O4S/c1-5-34-21-13-17(9-11-20(21)36-14-16-8-10-18(27)19(28)12-16)23-22(24(33)35-6-2)15(4)29-25-30-26(37-7-3)31-32(23)25/h8-13,23H,5-7,14H2,1-4H3,(H,29,30,31). The first-order chi connectivity index (χ1) is 17.9. The normalized spacial score (nSPS) is 14.7. The lowest BCUT2D eigenvalue weighted by Gasteiger charge is -2.28. The Labute approximate surface area is 230 Å². The first-order valence-electron chi connectivity index (χ1n) is 11.9. The van der Waals surface area contributed by atoms with Crippen LogP contribution < -0.4 is 14.8 Å². The fraction of sp³-hybridized carbons (Fsp3) is 0.346. The zero-order valence-electron chi connectivity index (χ0n) is 21.0. The van der Waals surface area contributed by atoms with Crippen molar-refractivity contribution in [1.29, 1.82) is 0 Å². The van der Waals surface area contributed by atoms with Crippen molar-refractivity contribution in [3.8, 4) is 11.5 Å². The molecule has 0 bridgehead atoms. The van der Waals surface area contributed by atoms with Crippen LogP contribution in [0, 0.1) is 0 Å². The Morgan fingerprint density at radius 3 is 2.57 bits per heavy atom. The monoisotopic (exact) mass is 562 g/mol. The lowest BCUT2D eigenvalue weighted by Crippen LogP contribution is -2.29. The van der Waals surface area contributed by atoms with E-state index in [0.717, 1.165) is 16.9 Å². The van der Waals surface area contributed by atoms with E-state index >= 15 is 0 Å². The second-order valence-electron chi connectivity index (χ2n) is 8.06. The third-order valence-electron chi connectivity index (χ3n) is 5.56. The predicted molar refractivity (Wildman–Crippen MR) is 146 cm³/mol. The summed E-state index contributed by atoms with van der Waals surface area (Å²) >= 11 is 13.7. The van der Waals surface area contributed by atoms with E-state index < -0.39 is 12.0 Å². The van der Waals surface area contributed by atoms with Gasteiger partial charge in [0.05, 0.1) is 28.8 Å². The highest BCUT2D eigenvalue weighted by Gasteiger charge is 2.35. The van der Waals surface area contributed by atoms with Crippen LogP contribution in [-0.2, 0) is 16.1 Å².